The molecule has 1 saturated heterocycles. The Morgan fingerprint density at radius 1 is 1.44 bits per heavy atom. The van der Waals surface area contributed by atoms with Crippen molar-refractivity contribution in [3.63, 3.8) is 0 Å². The number of aliphatic hydroxyl groups excluding tert-OH is 2. The van der Waals surface area contributed by atoms with Gasteiger partial charge >= 0.3 is 5.69 Å². The summed E-state index contributed by atoms with van der Waals surface area (Å²) < 4.78 is 7.70. The van der Waals surface area contributed by atoms with Gasteiger partial charge in [-0.2, -0.15) is 0 Å². The van der Waals surface area contributed by atoms with E-state index < -0.39 is 29.6 Å². The molecule has 7 nitrogen and oxygen atoms in total. The van der Waals surface area contributed by atoms with Crippen LogP contribution in [0.15, 0.2) is 15.8 Å². The number of ether oxygens (including phenoxy) is 1. The lowest BCUT2D eigenvalue weighted by Crippen LogP contribution is -2.39. The van der Waals surface area contributed by atoms with Gasteiger partial charge in [-0.1, -0.05) is 0 Å². The maximum Gasteiger partial charge on any atom is 0.330 e. The quantitative estimate of drug-likeness (QED) is 0.655. The Morgan fingerprint density at radius 3 is 2.67 bits per heavy atom. The Bertz CT molecular complexity index is 562. The van der Waals surface area contributed by atoms with Crippen molar-refractivity contribution in [3.8, 4) is 0 Å². The number of hydrogen-bond donors (Lipinski definition) is 2. The lowest BCUT2D eigenvalue weighted by atomic mass is 10.1. The maximum atomic E-state index is 12.0. The highest BCUT2D eigenvalue weighted by atomic mass is 16.5. The third-order valence-corrected chi connectivity index (χ3v) is 3.22. The van der Waals surface area contributed by atoms with Crippen LogP contribution in [0.3, 0.4) is 0 Å². The first kappa shape index (κ1) is 13.0. The highest BCUT2D eigenvalue weighted by Gasteiger charge is 2.36. The molecule has 100 valence electrons. The van der Waals surface area contributed by atoms with Gasteiger partial charge in [0.05, 0.1) is 24.4 Å². The van der Waals surface area contributed by atoms with E-state index in [2.05, 4.69) is 0 Å². The van der Waals surface area contributed by atoms with E-state index >= 15 is 0 Å². The molecule has 18 heavy (non-hydrogen) atoms. The number of aryl methyl sites for hydroxylation is 1. The minimum absolute atomic E-state index is 0.235. The van der Waals surface area contributed by atoms with Gasteiger partial charge in [0.15, 0.2) is 0 Å². The summed E-state index contributed by atoms with van der Waals surface area (Å²) >= 11 is 0. The molecule has 2 heterocycles. The monoisotopic (exact) mass is 256 g/mol. The van der Waals surface area contributed by atoms with Gasteiger partial charge in [-0.05, 0) is 0 Å². The number of nitrogens with zero attached hydrogens (tertiary/aromatic N) is 2. The van der Waals surface area contributed by atoms with E-state index in [-0.39, 0.29) is 13.0 Å². The van der Waals surface area contributed by atoms with Crippen molar-refractivity contribution in [1.29, 1.82) is 0 Å². The van der Waals surface area contributed by atoms with Crippen LogP contribution in [-0.2, 0) is 18.8 Å². The Kier molecular flexibility index (Phi) is 3.38. The third-order valence-electron chi connectivity index (χ3n) is 3.22. The van der Waals surface area contributed by atoms with Gasteiger partial charge in [0, 0.05) is 26.7 Å². The van der Waals surface area contributed by atoms with E-state index in [9.17, 15) is 14.7 Å². The number of hydrogen-bond acceptors (Lipinski definition) is 5. The van der Waals surface area contributed by atoms with Crippen LogP contribution in [0.1, 0.15) is 18.1 Å². The molecule has 2 rings (SSSR count). The predicted molar refractivity (Wildman–Crippen MR) is 62.2 cm³/mol. The van der Waals surface area contributed by atoms with E-state index in [0.29, 0.717) is 5.56 Å². The molecule has 0 unspecified atom stereocenters. The van der Waals surface area contributed by atoms with Crippen LogP contribution in [0, 0.1) is 0 Å². The smallest absolute Gasteiger partial charge is 0.330 e. The highest BCUT2D eigenvalue weighted by Crippen LogP contribution is 2.30. The molecule has 1 aromatic heterocycles. The molecule has 1 fully saturated rings. The number of aliphatic hydroxyl groups is 2. The zero-order valence-electron chi connectivity index (χ0n) is 10.2. The van der Waals surface area contributed by atoms with Crippen molar-refractivity contribution in [2.45, 2.75) is 24.7 Å². The fourth-order valence-corrected chi connectivity index (χ4v) is 2.15. The van der Waals surface area contributed by atoms with Crippen molar-refractivity contribution in [2.24, 2.45) is 14.1 Å². The minimum atomic E-state index is -0.804. The summed E-state index contributed by atoms with van der Waals surface area (Å²) in [5, 5.41) is 18.6. The minimum Gasteiger partial charge on any atom is -0.394 e. The molecule has 0 bridgehead atoms. The van der Waals surface area contributed by atoms with Crippen LogP contribution in [0.2, 0.25) is 0 Å². The van der Waals surface area contributed by atoms with Crippen molar-refractivity contribution in [2.75, 3.05) is 6.61 Å². The summed E-state index contributed by atoms with van der Waals surface area (Å²) in [5.74, 6) is 0. The van der Waals surface area contributed by atoms with Gasteiger partial charge < -0.3 is 19.5 Å². The standard InChI is InChI=1S/C11H16N2O5/c1-12-4-6(10(16)13(2)11(12)17)8-3-7(15)9(5-14)18-8/h4,7-9,14-15H,3,5H2,1-2H3/t7-,8-,9+/m0/s1. The second-order valence-electron chi connectivity index (χ2n) is 4.49. The molecule has 2 N–H and O–H groups in total. The van der Waals surface area contributed by atoms with Crippen LogP contribution in [0.5, 0.6) is 0 Å². The Labute approximate surface area is 103 Å². The fourth-order valence-electron chi connectivity index (χ4n) is 2.15. The lowest BCUT2D eigenvalue weighted by Gasteiger charge is -2.13. The summed E-state index contributed by atoms with van der Waals surface area (Å²) in [6.07, 6.45) is -0.429. The van der Waals surface area contributed by atoms with E-state index in [1.165, 1.54) is 17.8 Å². The highest BCUT2D eigenvalue weighted by molar-refractivity contribution is 5.12. The lowest BCUT2D eigenvalue weighted by molar-refractivity contribution is -0.0231. The van der Waals surface area contributed by atoms with Crippen LogP contribution < -0.4 is 11.2 Å². The van der Waals surface area contributed by atoms with E-state index in [0.717, 1.165) is 4.57 Å². The molecule has 1 aliphatic rings. The Morgan fingerprint density at radius 2 is 2.11 bits per heavy atom. The summed E-state index contributed by atoms with van der Waals surface area (Å²) in [7, 11) is 2.93. The Hall–Kier alpha value is -1.44. The average molecular weight is 256 g/mol. The van der Waals surface area contributed by atoms with Crippen LogP contribution in [-0.4, -0.2) is 38.2 Å². The normalized spacial score (nSPS) is 27.7. The van der Waals surface area contributed by atoms with E-state index in [4.69, 9.17) is 9.84 Å². The van der Waals surface area contributed by atoms with Gasteiger partial charge in [0.25, 0.3) is 5.56 Å². The van der Waals surface area contributed by atoms with Crippen LogP contribution >= 0.6 is 0 Å². The van der Waals surface area contributed by atoms with Gasteiger partial charge in [-0.25, -0.2) is 4.79 Å². The van der Waals surface area contributed by atoms with E-state index in [1.807, 2.05) is 0 Å². The second kappa shape index (κ2) is 4.68. The molecule has 1 aliphatic heterocycles. The molecular weight excluding hydrogens is 240 g/mol. The molecule has 0 aromatic carbocycles. The van der Waals surface area contributed by atoms with Crippen molar-refractivity contribution in [3.05, 3.63) is 32.6 Å². The number of rotatable bonds is 2. The van der Waals surface area contributed by atoms with Crippen LogP contribution in [0.25, 0.3) is 0 Å². The largest absolute Gasteiger partial charge is 0.394 e. The van der Waals surface area contributed by atoms with Crippen molar-refractivity contribution in [1.82, 2.24) is 9.13 Å². The van der Waals surface area contributed by atoms with Crippen LogP contribution in [0.4, 0.5) is 0 Å². The summed E-state index contributed by atoms with van der Waals surface area (Å²) in [6.45, 7) is -0.302. The molecular formula is C11H16N2O5. The zero-order valence-corrected chi connectivity index (χ0v) is 10.2. The first-order valence-corrected chi connectivity index (χ1v) is 5.66. The van der Waals surface area contributed by atoms with Gasteiger partial charge in [-0.3, -0.25) is 9.36 Å². The van der Waals surface area contributed by atoms with Crippen molar-refractivity contribution >= 4 is 0 Å². The van der Waals surface area contributed by atoms with Gasteiger partial charge in [0.2, 0.25) is 0 Å². The van der Waals surface area contributed by atoms with Crippen molar-refractivity contribution < 1.29 is 14.9 Å². The zero-order chi connectivity index (χ0) is 13.4. The Balaban J connectivity index is 2.42. The molecule has 0 amide bonds. The van der Waals surface area contributed by atoms with Gasteiger partial charge in [-0.15, -0.1) is 0 Å². The molecule has 7 heteroatoms. The summed E-state index contributed by atoms with van der Waals surface area (Å²) in [6, 6.07) is 0. The van der Waals surface area contributed by atoms with E-state index in [1.54, 1.807) is 7.05 Å². The molecule has 0 saturated carbocycles. The topological polar surface area (TPSA) is 93.7 Å². The molecule has 0 aliphatic carbocycles. The number of aromatic nitrogens is 2. The molecule has 3 atom stereocenters. The first-order chi connectivity index (χ1) is 8.45. The SMILES string of the molecule is Cn1cc([C@@H]2C[C@H](O)[C@@H](CO)O2)c(=O)n(C)c1=O. The van der Waals surface area contributed by atoms with Gasteiger partial charge in [0.1, 0.15) is 6.10 Å². The molecule has 0 spiro atoms. The predicted octanol–water partition coefficient (Wildman–Crippen LogP) is -1.73. The summed E-state index contributed by atoms with van der Waals surface area (Å²) in [5.41, 5.74) is -0.538. The fraction of sp³-hybridized carbons (Fsp3) is 0.636. The first-order valence-electron chi connectivity index (χ1n) is 5.66. The maximum absolute atomic E-state index is 12.0. The third kappa shape index (κ3) is 2.00. The summed E-state index contributed by atoms with van der Waals surface area (Å²) in [4.78, 5) is 23.5. The average Bonchev–Trinajstić information content (AvgIpc) is 2.72. The second-order valence-corrected chi connectivity index (χ2v) is 4.49. The molecule has 0 radical (unpaired) electrons. The molecule has 1 aromatic rings.